The lowest BCUT2D eigenvalue weighted by molar-refractivity contribution is 0.0690. The molecule has 4 N–H and O–H groups in total. The molecule has 0 saturated carbocycles. The Morgan fingerprint density at radius 1 is 1.43 bits per heavy atom. The maximum atomic E-state index is 11.4. The molecule has 0 aliphatic carbocycles. The SMILES string of the molecule is CCNc1ccc(-c2ccn(S(N)(=O)=O)c2C(=O)O)cn1. The number of carboxylic acids is 1. The Bertz CT molecular complexity index is 765. The van der Waals surface area contributed by atoms with Gasteiger partial charge in [-0.1, -0.05) is 0 Å². The maximum Gasteiger partial charge on any atom is 0.354 e. The van der Waals surface area contributed by atoms with Crippen LogP contribution in [0.4, 0.5) is 5.82 Å². The minimum absolute atomic E-state index is 0.229. The molecule has 0 unspecified atom stereocenters. The van der Waals surface area contributed by atoms with Crippen LogP contribution in [-0.2, 0) is 10.2 Å². The Balaban J connectivity index is 2.54. The van der Waals surface area contributed by atoms with E-state index in [-0.39, 0.29) is 5.56 Å². The zero-order valence-electron chi connectivity index (χ0n) is 11.1. The summed E-state index contributed by atoms with van der Waals surface area (Å²) in [5.41, 5.74) is 0.291. The predicted molar refractivity (Wildman–Crippen MR) is 77.3 cm³/mol. The number of carboxylic acid groups (broad SMARTS) is 1. The summed E-state index contributed by atoms with van der Waals surface area (Å²) in [6, 6.07) is 4.71. The van der Waals surface area contributed by atoms with Gasteiger partial charge in [-0.15, -0.1) is 0 Å². The number of anilines is 1. The lowest BCUT2D eigenvalue weighted by Crippen LogP contribution is -2.24. The molecule has 0 fully saturated rings. The average molecular weight is 310 g/mol. The number of hydrogen-bond donors (Lipinski definition) is 3. The van der Waals surface area contributed by atoms with Gasteiger partial charge in [-0.25, -0.2) is 18.9 Å². The third-order valence-corrected chi connectivity index (χ3v) is 3.61. The molecule has 21 heavy (non-hydrogen) atoms. The summed E-state index contributed by atoms with van der Waals surface area (Å²) in [5, 5.41) is 17.2. The van der Waals surface area contributed by atoms with E-state index in [2.05, 4.69) is 10.3 Å². The fourth-order valence-corrected chi connectivity index (χ4v) is 2.57. The molecular weight excluding hydrogens is 296 g/mol. The van der Waals surface area contributed by atoms with Gasteiger partial charge in [0.2, 0.25) is 0 Å². The van der Waals surface area contributed by atoms with E-state index in [1.807, 2.05) is 6.92 Å². The number of carbonyl (C=O) groups is 1. The number of hydrogen-bond acceptors (Lipinski definition) is 5. The number of pyridine rings is 1. The highest BCUT2D eigenvalue weighted by atomic mass is 32.2. The predicted octanol–water partition coefficient (Wildman–Crippen LogP) is 0.732. The van der Waals surface area contributed by atoms with Crippen LogP contribution in [-0.4, -0.2) is 35.0 Å². The van der Waals surface area contributed by atoms with E-state index in [1.54, 1.807) is 12.1 Å². The number of nitrogens with zero attached hydrogens (tertiary/aromatic N) is 2. The Morgan fingerprint density at radius 3 is 2.62 bits per heavy atom. The van der Waals surface area contributed by atoms with Crippen molar-refractivity contribution in [2.45, 2.75) is 6.92 Å². The Morgan fingerprint density at radius 2 is 2.14 bits per heavy atom. The summed E-state index contributed by atoms with van der Waals surface area (Å²) >= 11 is 0. The smallest absolute Gasteiger partial charge is 0.354 e. The van der Waals surface area contributed by atoms with Crippen molar-refractivity contribution >= 4 is 22.0 Å². The molecule has 0 aromatic carbocycles. The molecule has 0 atom stereocenters. The molecule has 0 aliphatic rings. The molecule has 0 aliphatic heterocycles. The number of nitrogens with two attached hydrogens (primary N) is 1. The third kappa shape index (κ3) is 3.03. The lowest BCUT2D eigenvalue weighted by atomic mass is 10.1. The van der Waals surface area contributed by atoms with Crippen LogP contribution in [0.2, 0.25) is 0 Å². The molecule has 0 bridgehead atoms. The maximum absolute atomic E-state index is 11.4. The van der Waals surface area contributed by atoms with Crippen molar-refractivity contribution in [3.05, 3.63) is 36.3 Å². The van der Waals surface area contributed by atoms with Crippen LogP contribution in [0.5, 0.6) is 0 Å². The second-order valence-corrected chi connectivity index (χ2v) is 5.61. The van der Waals surface area contributed by atoms with Gasteiger partial charge in [-0.3, -0.25) is 0 Å². The Labute approximate surface area is 121 Å². The van der Waals surface area contributed by atoms with Gasteiger partial charge in [0.15, 0.2) is 5.69 Å². The van der Waals surface area contributed by atoms with Crippen LogP contribution in [0.25, 0.3) is 11.1 Å². The fraction of sp³-hybridized carbons (Fsp3) is 0.167. The van der Waals surface area contributed by atoms with E-state index in [0.717, 1.165) is 6.20 Å². The van der Waals surface area contributed by atoms with Gasteiger partial charge in [-0.05, 0) is 25.1 Å². The quantitative estimate of drug-likeness (QED) is 0.747. The summed E-state index contributed by atoms with van der Waals surface area (Å²) in [4.78, 5) is 15.4. The summed E-state index contributed by atoms with van der Waals surface area (Å²) in [5.74, 6) is -0.746. The molecule has 2 rings (SSSR count). The lowest BCUT2D eigenvalue weighted by Gasteiger charge is -2.06. The van der Waals surface area contributed by atoms with E-state index in [9.17, 15) is 18.3 Å². The first-order valence-electron chi connectivity index (χ1n) is 6.02. The van der Waals surface area contributed by atoms with Crippen LogP contribution in [0.1, 0.15) is 17.4 Å². The van der Waals surface area contributed by atoms with Gasteiger partial charge in [0.25, 0.3) is 0 Å². The van der Waals surface area contributed by atoms with Crippen molar-refractivity contribution in [1.82, 2.24) is 8.96 Å². The van der Waals surface area contributed by atoms with Crippen LogP contribution in [0.3, 0.4) is 0 Å². The van der Waals surface area contributed by atoms with E-state index >= 15 is 0 Å². The highest BCUT2D eigenvalue weighted by Crippen LogP contribution is 2.26. The standard InChI is InChI=1S/C12H14N4O4S/c1-2-14-10-4-3-8(7-15-10)9-5-6-16(21(13,19)20)11(9)12(17)18/h3-7H,2H2,1H3,(H,14,15)(H,17,18)(H2,13,19,20). The molecule has 9 heteroatoms. The van der Waals surface area contributed by atoms with Gasteiger partial charge in [0, 0.05) is 30.1 Å². The normalized spacial score (nSPS) is 11.3. The first-order valence-corrected chi connectivity index (χ1v) is 7.53. The van der Waals surface area contributed by atoms with Crippen molar-refractivity contribution in [3.63, 3.8) is 0 Å². The fourth-order valence-electron chi connectivity index (χ4n) is 1.91. The van der Waals surface area contributed by atoms with Crippen molar-refractivity contribution in [2.24, 2.45) is 5.14 Å². The summed E-state index contributed by atoms with van der Waals surface area (Å²) < 4.78 is 23.3. The number of aromatic nitrogens is 2. The first kappa shape index (κ1) is 15.0. The molecule has 0 radical (unpaired) electrons. The second kappa shape index (κ2) is 5.54. The minimum atomic E-state index is -4.18. The molecule has 0 spiro atoms. The molecule has 2 aromatic heterocycles. The largest absolute Gasteiger partial charge is 0.477 e. The first-order chi connectivity index (χ1) is 9.84. The molecule has 2 heterocycles. The minimum Gasteiger partial charge on any atom is -0.477 e. The van der Waals surface area contributed by atoms with Gasteiger partial charge in [-0.2, -0.15) is 8.42 Å². The number of rotatable bonds is 5. The Kier molecular flexibility index (Phi) is 3.96. The zero-order chi connectivity index (χ0) is 15.6. The van der Waals surface area contributed by atoms with Crippen LogP contribution < -0.4 is 10.5 Å². The van der Waals surface area contributed by atoms with E-state index in [4.69, 9.17) is 5.14 Å². The van der Waals surface area contributed by atoms with Crippen molar-refractivity contribution in [3.8, 4) is 11.1 Å². The summed E-state index contributed by atoms with van der Waals surface area (Å²) in [6.07, 6.45) is 2.57. The van der Waals surface area contributed by atoms with Gasteiger partial charge < -0.3 is 10.4 Å². The molecule has 0 amide bonds. The van der Waals surface area contributed by atoms with Crippen molar-refractivity contribution in [2.75, 3.05) is 11.9 Å². The number of aromatic carboxylic acids is 1. The van der Waals surface area contributed by atoms with Crippen LogP contribution in [0.15, 0.2) is 30.6 Å². The molecule has 8 nitrogen and oxygen atoms in total. The van der Waals surface area contributed by atoms with Crippen molar-refractivity contribution in [1.29, 1.82) is 0 Å². The monoisotopic (exact) mass is 310 g/mol. The highest BCUT2D eigenvalue weighted by molar-refractivity contribution is 7.87. The molecule has 2 aromatic rings. The van der Waals surface area contributed by atoms with Gasteiger partial charge in [0.05, 0.1) is 0 Å². The van der Waals surface area contributed by atoms with E-state index < -0.39 is 21.9 Å². The molecule has 112 valence electrons. The summed E-state index contributed by atoms with van der Waals surface area (Å²) in [7, 11) is -4.18. The van der Waals surface area contributed by atoms with E-state index in [0.29, 0.717) is 21.9 Å². The second-order valence-electron chi connectivity index (χ2n) is 4.19. The summed E-state index contributed by atoms with van der Waals surface area (Å²) in [6.45, 7) is 2.62. The third-order valence-electron chi connectivity index (χ3n) is 2.76. The van der Waals surface area contributed by atoms with Gasteiger partial charge in [0.1, 0.15) is 5.82 Å². The number of nitrogens with one attached hydrogen (secondary N) is 1. The van der Waals surface area contributed by atoms with Crippen LogP contribution in [0, 0.1) is 0 Å². The molecule has 0 saturated heterocycles. The molecular formula is C12H14N4O4S. The van der Waals surface area contributed by atoms with E-state index in [1.165, 1.54) is 12.3 Å². The topological polar surface area (TPSA) is 127 Å². The van der Waals surface area contributed by atoms with Gasteiger partial charge >= 0.3 is 16.2 Å². The Hall–Kier alpha value is -2.39. The highest BCUT2D eigenvalue weighted by Gasteiger charge is 2.22. The van der Waals surface area contributed by atoms with Crippen LogP contribution >= 0.6 is 0 Å². The zero-order valence-corrected chi connectivity index (χ0v) is 12.0. The average Bonchev–Trinajstić information content (AvgIpc) is 2.85. The van der Waals surface area contributed by atoms with Crippen molar-refractivity contribution < 1.29 is 18.3 Å².